The molecule has 0 aromatic carbocycles. The molecular formula is C11H16N4. The summed E-state index contributed by atoms with van der Waals surface area (Å²) in [5.74, 6) is 2.02. The molecule has 0 bridgehead atoms. The molecule has 1 aromatic rings. The third kappa shape index (κ3) is 3.94. The number of aryl methyl sites for hydroxylation is 1. The average molecular weight is 204 g/mol. The number of nitriles is 1. The van der Waals surface area contributed by atoms with Crippen LogP contribution in [0.5, 0.6) is 0 Å². The zero-order chi connectivity index (χ0) is 11.3. The minimum atomic E-state index is 0.412. The van der Waals surface area contributed by atoms with Crippen molar-refractivity contribution in [2.45, 2.75) is 27.2 Å². The molecule has 15 heavy (non-hydrogen) atoms. The second-order valence-corrected chi connectivity index (χ2v) is 3.91. The molecule has 0 unspecified atom stereocenters. The monoisotopic (exact) mass is 204 g/mol. The molecule has 0 saturated heterocycles. The van der Waals surface area contributed by atoms with Gasteiger partial charge in [-0.15, -0.1) is 0 Å². The maximum absolute atomic E-state index is 8.73. The summed E-state index contributed by atoms with van der Waals surface area (Å²) >= 11 is 0. The fourth-order valence-electron chi connectivity index (χ4n) is 1.20. The largest absolute Gasteiger partial charge is 0.370 e. The lowest BCUT2D eigenvalue weighted by atomic mass is 10.1. The van der Waals surface area contributed by atoms with Crippen LogP contribution in [0, 0.1) is 24.2 Å². The van der Waals surface area contributed by atoms with Crippen LogP contribution in [-0.2, 0) is 0 Å². The van der Waals surface area contributed by atoms with Crippen LogP contribution in [0.15, 0.2) is 6.07 Å². The summed E-state index contributed by atoms with van der Waals surface area (Å²) < 4.78 is 0. The van der Waals surface area contributed by atoms with Gasteiger partial charge in [-0.2, -0.15) is 5.26 Å². The lowest BCUT2D eigenvalue weighted by Crippen LogP contribution is -2.07. The van der Waals surface area contributed by atoms with Crippen LogP contribution in [0.25, 0.3) is 0 Å². The highest BCUT2D eigenvalue weighted by Crippen LogP contribution is 2.07. The van der Waals surface area contributed by atoms with E-state index < -0.39 is 0 Å². The van der Waals surface area contributed by atoms with Gasteiger partial charge >= 0.3 is 0 Å². The quantitative estimate of drug-likeness (QED) is 0.816. The second kappa shape index (κ2) is 5.30. The van der Waals surface area contributed by atoms with Gasteiger partial charge in [-0.1, -0.05) is 13.8 Å². The lowest BCUT2D eigenvalue weighted by molar-refractivity contribution is 0.606. The molecule has 0 saturated carbocycles. The first-order valence-corrected chi connectivity index (χ1v) is 5.11. The van der Waals surface area contributed by atoms with Crippen LogP contribution in [0.2, 0.25) is 0 Å². The van der Waals surface area contributed by atoms with Crippen molar-refractivity contribution in [3.63, 3.8) is 0 Å². The van der Waals surface area contributed by atoms with Crippen LogP contribution in [0.3, 0.4) is 0 Å². The number of anilines is 1. The highest BCUT2D eigenvalue weighted by atomic mass is 15.0. The van der Waals surface area contributed by atoms with Crippen molar-refractivity contribution < 1.29 is 0 Å². The Balaban J connectivity index is 2.61. The Hall–Kier alpha value is -1.63. The fourth-order valence-corrected chi connectivity index (χ4v) is 1.20. The Kier molecular flexibility index (Phi) is 4.04. The molecule has 0 amide bonds. The van der Waals surface area contributed by atoms with Gasteiger partial charge in [0.1, 0.15) is 23.4 Å². The van der Waals surface area contributed by atoms with Gasteiger partial charge in [-0.25, -0.2) is 9.97 Å². The summed E-state index contributed by atoms with van der Waals surface area (Å²) in [6.45, 7) is 7.01. The SMILES string of the molecule is Cc1nc(C#N)cc(NCCC(C)C)n1. The van der Waals surface area contributed by atoms with E-state index in [-0.39, 0.29) is 0 Å². The van der Waals surface area contributed by atoms with Gasteiger partial charge < -0.3 is 5.32 Å². The topological polar surface area (TPSA) is 61.6 Å². The predicted molar refractivity (Wildman–Crippen MR) is 59.4 cm³/mol. The summed E-state index contributed by atoms with van der Waals surface area (Å²) in [6, 6.07) is 3.69. The third-order valence-electron chi connectivity index (χ3n) is 1.98. The summed E-state index contributed by atoms with van der Waals surface area (Å²) in [7, 11) is 0. The van der Waals surface area contributed by atoms with E-state index in [0.717, 1.165) is 18.8 Å². The number of nitrogens with one attached hydrogen (secondary N) is 1. The van der Waals surface area contributed by atoms with E-state index in [0.29, 0.717) is 17.4 Å². The van der Waals surface area contributed by atoms with Crippen molar-refractivity contribution in [1.29, 1.82) is 5.26 Å². The standard InChI is InChI=1S/C11H16N4/c1-8(2)4-5-13-11-6-10(7-12)14-9(3)15-11/h6,8H,4-5H2,1-3H3,(H,13,14,15). The minimum absolute atomic E-state index is 0.412. The number of hydrogen-bond acceptors (Lipinski definition) is 4. The molecule has 0 atom stereocenters. The first kappa shape index (κ1) is 11.4. The second-order valence-electron chi connectivity index (χ2n) is 3.91. The molecule has 1 aromatic heterocycles. The maximum Gasteiger partial charge on any atom is 0.146 e. The van der Waals surface area contributed by atoms with Crippen LogP contribution in [0.4, 0.5) is 5.82 Å². The van der Waals surface area contributed by atoms with Crippen molar-refractivity contribution in [1.82, 2.24) is 9.97 Å². The van der Waals surface area contributed by atoms with Gasteiger partial charge in [-0.3, -0.25) is 0 Å². The van der Waals surface area contributed by atoms with Crippen molar-refractivity contribution in [3.8, 4) is 6.07 Å². The Morgan fingerprint density at radius 2 is 2.20 bits per heavy atom. The van der Waals surface area contributed by atoms with E-state index in [2.05, 4.69) is 29.1 Å². The molecule has 1 N–H and O–H groups in total. The highest BCUT2D eigenvalue weighted by molar-refractivity contribution is 5.39. The van der Waals surface area contributed by atoms with Gasteiger partial charge in [0.2, 0.25) is 0 Å². The van der Waals surface area contributed by atoms with E-state index >= 15 is 0 Å². The van der Waals surface area contributed by atoms with E-state index in [1.807, 2.05) is 6.07 Å². The number of aromatic nitrogens is 2. The zero-order valence-electron chi connectivity index (χ0n) is 9.41. The number of rotatable bonds is 4. The smallest absolute Gasteiger partial charge is 0.146 e. The number of hydrogen-bond donors (Lipinski definition) is 1. The molecule has 4 heteroatoms. The minimum Gasteiger partial charge on any atom is -0.370 e. The van der Waals surface area contributed by atoms with Crippen LogP contribution in [-0.4, -0.2) is 16.5 Å². The van der Waals surface area contributed by atoms with Crippen molar-refractivity contribution >= 4 is 5.82 Å². The molecule has 0 aliphatic carbocycles. The lowest BCUT2D eigenvalue weighted by Gasteiger charge is -2.07. The van der Waals surface area contributed by atoms with Gasteiger partial charge in [0, 0.05) is 12.6 Å². The molecule has 0 aliphatic rings. The van der Waals surface area contributed by atoms with E-state index in [1.165, 1.54) is 0 Å². The van der Waals surface area contributed by atoms with Crippen LogP contribution < -0.4 is 5.32 Å². The Labute approximate surface area is 90.4 Å². The third-order valence-corrected chi connectivity index (χ3v) is 1.98. The Morgan fingerprint density at radius 3 is 2.80 bits per heavy atom. The van der Waals surface area contributed by atoms with Crippen LogP contribution >= 0.6 is 0 Å². The summed E-state index contributed by atoms with van der Waals surface area (Å²) in [6.07, 6.45) is 1.09. The van der Waals surface area contributed by atoms with Crippen molar-refractivity contribution in [2.75, 3.05) is 11.9 Å². The Bertz CT molecular complexity index is 365. The van der Waals surface area contributed by atoms with Gasteiger partial charge in [0.15, 0.2) is 0 Å². The fraction of sp³-hybridized carbons (Fsp3) is 0.545. The van der Waals surface area contributed by atoms with Crippen molar-refractivity contribution in [3.05, 3.63) is 17.6 Å². The molecule has 0 aliphatic heterocycles. The molecule has 0 fully saturated rings. The summed E-state index contributed by atoms with van der Waals surface area (Å²) in [5, 5.41) is 11.9. The number of nitrogens with zero attached hydrogens (tertiary/aromatic N) is 3. The zero-order valence-corrected chi connectivity index (χ0v) is 9.41. The first-order valence-electron chi connectivity index (χ1n) is 5.11. The van der Waals surface area contributed by atoms with Crippen LogP contribution in [0.1, 0.15) is 31.8 Å². The van der Waals surface area contributed by atoms with E-state index in [4.69, 9.17) is 5.26 Å². The molecule has 4 nitrogen and oxygen atoms in total. The normalized spacial score (nSPS) is 10.1. The average Bonchev–Trinajstić information content (AvgIpc) is 2.16. The van der Waals surface area contributed by atoms with Gasteiger partial charge in [-0.05, 0) is 19.3 Å². The van der Waals surface area contributed by atoms with E-state index in [1.54, 1.807) is 13.0 Å². The summed E-state index contributed by atoms with van der Waals surface area (Å²) in [5.41, 5.74) is 0.412. The maximum atomic E-state index is 8.73. The molecule has 0 radical (unpaired) electrons. The molecule has 1 rings (SSSR count). The molecule has 80 valence electrons. The highest BCUT2D eigenvalue weighted by Gasteiger charge is 2.00. The molecule has 0 spiro atoms. The summed E-state index contributed by atoms with van der Waals surface area (Å²) in [4.78, 5) is 8.19. The molecular weight excluding hydrogens is 188 g/mol. The van der Waals surface area contributed by atoms with Gasteiger partial charge in [0.05, 0.1) is 0 Å². The Morgan fingerprint density at radius 1 is 1.47 bits per heavy atom. The van der Waals surface area contributed by atoms with Crippen molar-refractivity contribution in [2.24, 2.45) is 5.92 Å². The van der Waals surface area contributed by atoms with Gasteiger partial charge in [0.25, 0.3) is 0 Å². The van der Waals surface area contributed by atoms with E-state index in [9.17, 15) is 0 Å². The first-order chi connectivity index (χ1) is 7.11. The predicted octanol–water partition coefficient (Wildman–Crippen LogP) is 2.11. The molecule has 1 heterocycles.